The molecule has 1 heterocycles. The molecule has 1 unspecified atom stereocenters. The van der Waals surface area contributed by atoms with Gasteiger partial charge in [0.15, 0.2) is 0 Å². The highest BCUT2D eigenvalue weighted by Gasteiger charge is 2.22. The van der Waals surface area contributed by atoms with Crippen LogP contribution in [0, 0.1) is 0 Å². The Labute approximate surface area is 61.8 Å². The lowest BCUT2D eigenvalue weighted by Crippen LogP contribution is -2.34. The van der Waals surface area contributed by atoms with Crippen LogP contribution in [-0.4, -0.2) is 28.6 Å². The fourth-order valence-corrected chi connectivity index (χ4v) is 2.61. The van der Waals surface area contributed by atoms with E-state index in [0.29, 0.717) is 0 Å². The van der Waals surface area contributed by atoms with E-state index in [9.17, 15) is 0 Å². The van der Waals surface area contributed by atoms with Gasteiger partial charge in [-0.25, -0.2) is 0 Å². The first-order valence-electron chi connectivity index (χ1n) is 3.55. The molecule has 0 amide bonds. The lowest BCUT2D eigenvalue weighted by molar-refractivity contribution is 0.227. The Kier molecular flexibility index (Phi) is 2.42. The van der Waals surface area contributed by atoms with E-state index in [1.54, 1.807) is 0 Å². The van der Waals surface area contributed by atoms with Crippen molar-refractivity contribution >= 4 is 11.8 Å². The zero-order valence-electron chi connectivity index (χ0n) is 6.42. The summed E-state index contributed by atoms with van der Waals surface area (Å²) in [7, 11) is 0. The summed E-state index contributed by atoms with van der Waals surface area (Å²) in [5.41, 5.74) is 0. The average molecular weight is 145 g/mol. The standard InChI is InChI=1S/C7H15NS/c1-6(2)8-5-9-4-7(8)3/h6-7H,4-5H2,1-3H3. The van der Waals surface area contributed by atoms with E-state index in [-0.39, 0.29) is 0 Å². The first-order valence-corrected chi connectivity index (χ1v) is 4.70. The van der Waals surface area contributed by atoms with Gasteiger partial charge in [0.25, 0.3) is 0 Å². The topological polar surface area (TPSA) is 3.24 Å². The molecule has 9 heavy (non-hydrogen) atoms. The molecular weight excluding hydrogens is 130 g/mol. The zero-order chi connectivity index (χ0) is 6.85. The first-order chi connectivity index (χ1) is 4.22. The van der Waals surface area contributed by atoms with E-state index in [1.807, 2.05) is 11.8 Å². The number of thioether (sulfide) groups is 1. The minimum absolute atomic E-state index is 0.731. The van der Waals surface area contributed by atoms with Crippen LogP contribution in [0.15, 0.2) is 0 Å². The van der Waals surface area contributed by atoms with Gasteiger partial charge in [-0.05, 0) is 20.8 Å². The summed E-state index contributed by atoms with van der Waals surface area (Å²) in [4.78, 5) is 2.53. The number of rotatable bonds is 1. The highest BCUT2D eigenvalue weighted by Crippen LogP contribution is 2.21. The summed E-state index contributed by atoms with van der Waals surface area (Å²) in [6.07, 6.45) is 0. The van der Waals surface area contributed by atoms with Crippen LogP contribution in [0.3, 0.4) is 0 Å². The fourth-order valence-electron chi connectivity index (χ4n) is 1.21. The molecule has 0 N–H and O–H groups in total. The average Bonchev–Trinajstić information content (AvgIpc) is 2.13. The highest BCUT2D eigenvalue weighted by atomic mass is 32.2. The number of hydrogen-bond acceptors (Lipinski definition) is 2. The van der Waals surface area contributed by atoms with Crippen molar-refractivity contribution in [3.05, 3.63) is 0 Å². The predicted octanol–water partition coefficient (Wildman–Crippen LogP) is 1.79. The van der Waals surface area contributed by atoms with Gasteiger partial charge >= 0.3 is 0 Å². The molecule has 1 rings (SSSR count). The molecule has 0 aromatic carbocycles. The fraction of sp³-hybridized carbons (Fsp3) is 1.00. The molecule has 1 aliphatic heterocycles. The van der Waals surface area contributed by atoms with Gasteiger partial charge in [-0.3, -0.25) is 4.90 Å². The highest BCUT2D eigenvalue weighted by molar-refractivity contribution is 7.99. The largest absolute Gasteiger partial charge is 0.288 e. The summed E-state index contributed by atoms with van der Waals surface area (Å²) in [5.74, 6) is 2.55. The SMILES string of the molecule is CC(C)N1CSCC1C. The molecule has 0 aromatic rings. The van der Waals surface area contributed by atoms with E-state index < -0.39 is 0 Å². The van der Waals surface area contributed by atoms with Crippen LogP contribution in [0.5, 0.6) is 0 Å². The van der Waals surface area contributed by atoms with Gasteiger partial charge in [0.1, 0.15) is 0 Å². The van der Waals surface area contributed by atoms with Crippen LogP contribution < -0.4 is 0 Å². The Balaban J connectivity index is 2.40. The molecule has 0 spiro atoms. The van der Waals surface area contributed by atoms with Crippen LogP contribution in [0.1, 0.15) is 20.8 Å². The molecule has 54 valence electrons. The quantitative estimate of drug-likeness (QED) is 0.553. The predicted molar refractivity (Wildman–Crippen MR) is 43.8 cm³/mol. The van der Waals surface area contributed by atoms with Crippen molar-refractivity contribution in [1.29, 1.82) is 0 Å². The van der Waals surface area contributed by atoms with Crippen molar-refractivity contribution in [2.45, 2.75) is 32.9 Å². The Morgan fingerprint density at radius 1 is 1.56 bits per heavy atom. The molecular formula is C7H15NS. The van der Waals surface area contributed by atoms with E-state index >= 15 is 0 Å². The Hall–Kier alpha value is 0.310. The lowest BCUT2D eigenvalue weighted by Gasteiger charge is -2.23. The third-order valence-electron chi connectivity index (χ3n) is 1.83. The van der Waals surface area contributed by atoms with Gasteiger partial charge in [-0.1, -0.05) is 0 Å². The second-order valence-corrected chi connectivity index (χ2v) is 3.96. The molecule has 0 saturated carbocycles. The maximum Gasteiger partial charge on any atom is 0.0450 e. The molecule has 1 saturated heterocycles. The third kappa shape index (κ3) is 1.62. The maximum atomic E-state index is 2.53. The van der Waals surface area contributed by atoms with Crippen LogP contribution in [0.4, 0.5) is 0 Å². The van der Waals surface area contributed by atoms with Crippen molar-refractivity contribution in [3.63, 3.8) is 0 Å². The van der Waals surface area contributed by atoms with Gasteiger partial charge < -0.3 is 0 Å². The van der Waals surface area contributed by atoms with Gasteiger partial charge in [0.2, 0.25) is 0 Å². The van der Waals surface area contributed by atoms with Gasteiger partial charge in [-0.2, -0.15) is 0 Å². The normalized spacial score (nSPS) is 30.0. The molecule has 2 heteroatoms. The van der Waals surface area contributed by atoms with E-state index in [4.69, 9.17) is 0 Å². The van der Waals surface area contributed by atoms with Crippen molar-refractivity contribution in [3.8, 4) is 0 Å². The van der Waals surface area contributed by atoms with Gasteiger partial charge in [0.05, 0.1) is 0 Å². The van der Waals surface area contributed by atoms with Crippen molar-refractivity contribution < 1.29 is 0 Å². The summed E-state index contributed by atoms with van der Waals surface area (Å²) in [6.45, 7) is 6.84. The van der Waals surface area contributed by atoms with E-state index in [1.165, 1.54) is 11.6 Å². The summed E-state index contributed by atoms with van der Waals surface area (Å²) in [5, 5.41) is 0. The van der Waals surface area contributed by atoms with Gasteiger partial charge in [0, 0.05) is 23.7 Å². The third-order valence-corrected chi connectivity index (χ3v) is 3.03. The summed E-state index contributed by atoms with van der Waals surface area (Å²) >= 11 is 2.04. The van der Waals surface area contributed by atoms with Crippen LogP contribution in [0.25, 0.3) is 0 Å². The van der Waals surface area contributed by atoms with Crippen molar-refractivity contribution in [1.82, 2.24) is 4.90 Å². The Bertz CT molecular complexity index is 92.9. The van der Waals surface area contributed by atoms with Crippen molar-refractivity contribution in [2.75, 3.05) is 11.6 Å². The smallest absolute Gasteiger partial charge is 0.0450 e. The molecule has 0 bridgehead atoms. The maximum absolute atomic E-state index is 2.53. The Morgan fingerprint density at radius 3 is 2.44 bits per heavy atom. The second-order valence-electron chi connectivity index (χ2n) is 2.96. The van der Waals surface area contributed by atoms with Gasteiger partial charge in [-0.15, -0.1) is 11.8 Å². The first kappa shape index (κ1) is 7.42. The Morgan fingerprint density at radius 2 is 2.22 bits per heavy atom. The lowest BCUT2D eigenvalue weighted by atomic mass is 10.2. The molecule has 0 radical (unpaired) electrons. The minimum atomic E-state index is 0.731. The number of hydrogen-bond donors (Lipinski definition) is 0. The van der Waals surface area contributed by atoms with Crippen LogP contribution in [-0.2, 0) is 0 Å². The summed E-state index contributed by atoms with van der Waals surface area (Å²) in [6, 6.07) is 1.53. The van der Waals surface area contributed by atoms with Crippen molar-refractivity contribution in [2.24, 2.45) is 0 Å². The number of nitrogens with zero attached hydrogens (tertiary/aromatic N) is 1. The molecule has 0 aliphatic carbocycles. The van der Waals surface area contributed by atoms with Crippen LogP contribution >= 0.6 is 11.8 Å². The molecule has 0 aromatic heterocycles. The monoisotopic (exact) mass is 145 g/mol. The minimum Gasteiger partial charge on any atom is -0.288 e. The molecule has 1 fully saturated rings. The van der Waals surface area contributed by atoms with E-state index in [0.717, 1.165) is 12.1 Å². The second kappa shape index (κ2) is 2.93. The van der Waals surface area contributed by atoms with E-state index in [2.05, 4.69) is 25.7 Å². The molecule has 1 aliphatic rings. The van der Waals surface area contributed by atoms with Crippen LogP contribution in [0.2, 0.25) is 0 Å². The zero-order valence-corrected chi connectivity index (χ0v) is 7.24. The molecule has 1 atom stereocenters. The molecule has 1 nitrogen and oxygen atoms in total. The summed E-state index contributed by atoms with van der Waals surface area (Å²) < 4.78 is 0.